The van der Waals surface area contributed by atoms with Crippen LogP contribution >= 0.6 is 0 Å². The lowest BCUT2D eigenvalue weighted by atomic mass is 10.1. The van der Waals surface area contributed by atoms with Crippen LogP contribution in [0.25, 0.3) is 5.65 Å². The number of pyridine rings is 1. The van der Waals surface area contributed by atoms with Crippen molar-refractivity contribution in [3.05, 3.63) is 35.8 Å². The minimum Gasteiger partial charge on any atom is -0.483 e. The number of hydrogen-bond donors (Lipinski definition) is 1. The fourth-order valence-electron chi connectivity index (χ4n) is 4.12. The Bertz CT molecular complexity index is 1020. The molecule has 176 valence electrons. The van der Waals surface area contributed by atoms with Crippen LogP contribution in [0.15, 0.2) is 24.5 Å². The summed E-state index contributed by atoms with van der Waals surface area (Å²) >= 11 is 0. The average molecular weight is 467 g/mol. The molecule has 0 aliphatic carbocycles. The number of carbonyl (C=O) groups is 2. The van der Waals surface area contributed by atoms with E-state index < -0.39 is 9.84 Å². The molecule has 2 aromatic heterocycles. The van der Waals surface area contributed by atoms with E-state index in [0.29, 0.717) is 45.8 Å². The fraction of sp³-hybridized carbons (Fsp3) is 0.571. The highest BCUT2D eigenvalue weighted by Crippen LogP contribution is 2.15. The molecule has 4 heterocycles. The minimum atomic E-state index is -2.88. The number of rotatable bonds is 4. The molecule has 1 amide bonds. The molecule has 1 atom stereocenters. The van der Waals surface area contributed by atoms with Gasteiger partial charge in [0, 0.05) is 51.0 Å². The quantitative estimate of drug-likeness (QED) is 0.630. The van der Waals surface area contributed by atoms with Crippen LogP contribution in [0.5, 0.6) is 0 Å². The predicted molar refractivity (Wildman–Crippen MR) is 118 cm³/mol. The molecule has 1 N–H and O–H groups in total. The number of amides is 1. The number of nitrogens with zero attached hydrogens (tertiary/aromatic N) is 4. The van der Waals surface area contributed by atoms with Crippen molar-refractivity contribution in [2.45, 2.75) is 13.3 Å². The molecule has 0 radical (unpaired) electrons. The fourth-order valence-corrected chi connectivity index (χ4v) is 5.39. The number of hydrogen-bond acceptors (Lipinski definition) is 7. The lowest BCUT2D eigenvalue weighted by Gasteiger charge is -2.31. The van der Waals surface area contributed by atoms with E-state index in [1.165, 1.54) is 0 Å². The molecule has 0 spiro atoms. The van der Waals surface area contributed by atoms with Crippen LogP contribution in [-0.2, 0) is 30.6 Å². The molecule has 10 nitrogen and oxygen atoms in total. The Morgan fingerprint density at radius 3 is 2.75 bits per heavy atom. The van der Waals surface area contributed by atoms with Gasteiger partial charge in [-0.05, 0) is 18.6 Å². The third-order valence-corrected chi connectivity index (χ3v) is 7.39. The van der Waals surface area contributed by atoms with Crippen LogP contribution in [0, 0.1) is 12.8 Å². The molecule has 4 rings (SSSR count). The van der Waals surface area contributed by atoms with Gasteiger partial charge in [-0.2, -0.15) is 0 Å². The summed E-state index contributed by atoms with van der Waals surface area (Å²) < 4.78 is 31.0. The maximum Gasteiger partial charge on any atom is 0.290 e. The van der Waals surface area contributed by atoms with E-state index in [1.54, 1.807) is 6.20 Å². The summed E-state index contributed by atoms with van der Waals surface area (Å²) in [6, 6.07) is 3.98. The van der Waals surface area contributed by atoms with E-state index in [4.69, 9.17) is 14.6 Å². The first-order chi connectivity index (χ1) is 15.3. The monoisotopic (exact) mass is 466 g/mol. The molecule has 2 saturated heterocycles. The van der Waals surface area contributed by atoms with Gasteiger partial charge in [0.1, 0.15) is 5.65 Å². The van der Waals surface area contributed by atoms with Crippen molar-refractivity contribution in [1.82, 2.24) is 19.2 Å². The van der Waals surface area contributed by atoms with E-state index in [-0.39, 0.29) is 29.8 Å². The summed E-state index contributed by atoms with van der Waals surface area (Å²) in [5.74, 6) is 0.699. The number of aromatic nitrogens is 2. The number of carbonyl (C=O) groups excluding carboxylic acids is 1. The number of fused-ring (bicyclic) bond motifs is 1. The van der Waals surface area contributed by atoms with Crippen LogP contribution in [0.1, 0.15) is 11.3 Å². The number of sulfone groups is 1. The Labute approximate surface area is 187 Å². The van der Waals surface area contributed by atoms with Gasteiger partial charge in [0.05, 0.1) is 36.8 Å². The molecule has 11 heteroatoms. The molecule has 0 aromatic carbocycles. The first-order valence-corrected chi connectivity index (χ1v) is 12.4. The maximum absolute atomic E-state index is 13.0. The largest absolute Gasteiger partial charge is 0.483 e. The Balaban J connectivity index is 0.000000913. The summed E-state index contributed by atoms with van der Waals surface area (Å²) in [4.78, 5) is 29.9. The SMILES string of the molecule is Cc1cccn2c(CC(=O)N3CCOCC(CN4CCS(=O)(=O)CC4)C3)cnc12.O=CO. The van der Waals surface area contributed by atoms with E-state index >= 15 is 0 Å². The Morgan fingerprint density at radius 1 is 1.31 bits per heavy atom. The summed E-state index contributed by atoms with van der Waals surface area (Å²) in [7, 11) is -2.88. The second-order valence-corrected chi connectivity index (χ2v) is 10.5. The highest BCUT2D eigenvalue weighted by atomic mass is 32.2. The lowest BCUT2D eigenvalue weighted by molar-refractivity contribution is -0.131. The van der Waals surface area contributed by atoms with Crippen molar-refractivity contribution in [3.63, 3.8) is 0 Å². The van der Waals surface area contributed by atoms with Gasteiger partial charge in [-0.1, -0.05) is 6.07 Å². The zero-order chi connectivity index (χ0) is 23.1. The first kappa shape index (κ1) is 24.1. The number of ether oxygens (including phenoxy) is 1. The highest BCUT2D eigenvalue weighted by Gasteiger charge is 2.28. The third-order valence-electron chi connectivity index (χ3n) is 5.78. The van der Waals surface area contributed by atoms with Crippen molar-refractivity contribution in [2.24, 2.45) is 5.92 Å². The summed E-state index contributed by atoms with van der Waals surface area (Å²) in [5, 5.41) is 6.89. The minimum absolute atomic E-state index is 0.0741. The van der Waals surface area contributed by atoms with Crippen LogP contribution in [0.2, 0.25) is 0 Å². The van der Waals surface area contributed by atoms with Crippen molar-refractivity contribution in [3.8, 4) is 0 Å². The average Bonchev–Trinajstić information content (AvgIpc) is 3.01. The van der Waals surface area contributed by atoms with E-state index in [9.17, 15) is 13.2 Å². The van der Waals surface area contributed by atoms with Crippen LogP contribution < -0.4 is 0 Å². The van der Waals surface area contributed by atoms with Gasteiger partial charge < -0.3 is 24.0 Å². The number of carboxylic acid groups (broad SMARTS) is 1. The molecule has 2 aromatic rings. The van der Waals surface area contributed by atoms with Crippen molar-refractivity contribution in [1.29, 1.82) is 0 Å². The molecule has 2 aliphatic heterocycles. The summed E-state index contributed by atoms with van der Waals surface area (Å²) in [6.07, 6.45) is 4.02. The first-order valence-electron chi connectivity index (χ1n) is 10.6. The zero-order valence-corrected chi connectivity index (χ0v) is 19.0. The summed E-state index contributed by atoms with van der Waals surface area (Å²) in [6.45, 7) is 5.99. The molecular weight excluding hydrogens is 436 g/mol. The highest BCUT2D eigenvalue weighted by molar-refractivity contribution is 7.91. The van der Waals surface area contributed by atoms with E-state index in [1.807, 2.05) is 34.6 Å². The van der Waals surface area contributed by atoms with Crippen molar-refractivity contribution >= 4 is 27.9 Å². The number of aryl methyl sites for hydroxylation is 1. The second-order valence-electron chi connectivity index (χ2n) is 8.15. The topological polar surface area (TPSA) is 122 Å². The van der Waals surface area contributed by atoms with Gasteiger partial charge in [-0.3, -0.25) is 9.59 Å². The molecular formula is C21H30N4O6S. The zero-order valence-electron chi connectivity index (χ0n) is 18.2. The van der Waals surface area contributed by atoms with E-state index in [2.05, 4.69) is 9.88 Å². The summed E-state index contributed by atoms with van der Waals surface area (Å²) in [5.41, 5.74) is 2.85. The van der Waals surface area contributed by atoms with Gasteiger partial charge >= 0.3 is 0 Å². The Hall–Kier alpha value is -2.50. The van der Waals surface area contributed by atoms with Crippen LogP contribution in [0.4, 0.5) is 0 Å². The molecule has 2 fully saturated rings. The Kier molecular flexibility index (Phi) is 8.21. The normalized spacial score (nSPS) is 21.4. The van der Waals surface area contributed by atoms with Gasteiger partial charge in [0.15, 0.2) is 9.84 Å². The third kappa shape index (κ3) is 6.27. The smallest absolute Gasteiger partial charge is 0.290 e. The predicted octanol–water partition coefficient (Wildman–Crippen LogP) is 0.0914. The van der Waals surface area contributed by atoms with Crippen molar-refractivity contribution in [2.75, 3.05) is 57.4 Å². The number of imidazole rings is 1. The molecule has 1 unspecified atom stereocenters. The van der Waals surface area contributed by atoms with Gasteiger partial charge in [-0.15, -0.1) is 0 Å². The van der Waals surface area contributed by atoms with Gasteiger partial charge in [0.2, 0.25) is 5.91 Å². The van der Waals surface area contributed by atoms with Gasteiger partial charge in [0.25, 0.3) is 6.47 Å². The van der Waals surface area contributed by atoms with E-state index in [0.717, 1.165) is 23.4 Å². The Morgan fingerprint density at radius 2 is 2.03 bits per heavy atom. The lowest BCUT2D eigenvalue weighted by Crippen LogP contribution is -2.45. The van der Waals surface area contributed by atoms with Crippen LogP contribution in [-0.4, -0.2) is 103 Å². The second kappa shape index (κ2) is 10.9. The maximum atomic E-state index is 13.0. The standard InChI is InChI=1S/C20H28N4O4S.CH2O2/c1-16-3-2-4-24-18(12-21-20(16)24)11-19(25)23-5-8-28-15-17(14-23)13-22-6-9-29(26,27)10-7-22;2-1-3/h2-4,12,17H,5-11,13-15H2,1H3;1H,(H,2,3). The molecule has 0 bridgehead atoms. The molecule has 2 aliphatic rings. The molecule has 32 heavy (non-hydrogen) atoms. The molecule has 0 saturated carbocycles. The van der Waals surface area contributed by atoms with Crippen LogP contribution in [0.3, 0.4) is 0 Å². The van der Waals surface area contributed by atoms with Gasteiger partial charge in [-0.25, -0.2) is 13.4 Å². The van der Waals surface area contributed by atoms with Crippen molar-refractivity contribution < 1.29 is 27.9 Å².